The van der Waals surface area contributed by atoms with Crippen molar-refractivity contribution in [1.82, 2.24) is 4.31 Å². The highest BCUT2D eigenvalue weighted by molar-refractivity contribution is 7.88. The quantitative estimate of drug-likeness (QED) is 0.904. The van der Waals surface area contributed by atoms with E-state index in [-0.39, 0.29) is 18.4 Å². The van der Waals surface area contributed by atoms with E-state index in [1.54, 1.807) is 18.2 Å². The maximum atomic E-state index is 12.3. The van der Waals surface area contributed by atoms with Gasteiger partial charge < -0.3 is 10.1 Å². The summed E-state index contributed by atoms with van der Waals surface area (Å²) in [6.45, 7) is 0.686. The molecule has 1 aliphatic rings. The van der Waals surface area contributed by atoms with Crippen LogP contribution in [-0.2, 0) is 14.8 Å². The Morgan fingerprint density at radius 2 is 2.18 bits per heavy atom. The van der Waals surface area contributed by atoms with Crippen LogP contribution in [-0.4, -0.2) is 45.1 Å². The van der Waals surface area contributed by atoms with Gasteiger partial charge in [-0.15, -0.1) is 0 Å². The molecule has 2 rings (SSSR count). The van der Waals surface area contributed by atoms with Gasteiger partial charge in [0.05, 0.1) is 24.3 Å². The summed E-state index contributed by atoms with van der Waals surface area (Å²) >= 11 is 6.02. The summed E-state index contributed by atoms with van der Waals surface area (Å²) in [5.74, 6) is -0.0282. The van der Waals surface area contributed by atoms with E-state index < -0.39 is 10.0 Å². The second-order valence-corrected chi connectivity index (χ2v) is 7.69. The van der Waals surface area contributed by atoms with Crippen molar-refractivity contribution < 1.29 is 17.9 Å². The predicted molar refractivity (Wildman–Crippen MR) is 85.8 cm³/mol. The molecule has 122 valence electrons. The highest BCUT2D eigenvalue weighted by Crippen LogP contribution is 2.28. The molecule has 0 unspecified atom stereocenters. The van der Waals surface area contributed by atoms with Crippen molar-refractivity contribution in [3.8, 4) is 5.75 Å². The van der Waals surface area contributed by atoms with Gasteiger partial charge in [-0.25, -0.2) is 12.7 Å². The van der Waals surface area contributed by atoms with Crippen LogP contribution in [0, 0.1) is 5.92 Å². The molecule has 1 aromatic carbocycles. The van der Waals surface area contributed by atoms with E-state index in [0.717, 1.165) is 6.26 Å². The number of carbonyl (C=O) groups is 1. The van der Waals surface area contributed by atoms with Crippen LogP contribution in [0.5, 0.6) is 5.75 Å². The number of carbonyl (C=O) groups excluding carboxylic acids is 1. The Morgan fingerprint density at radius 3 is 2.77 bits per heavy atom. The number of hydrogen-bond donors (Lipinski definition) is 1. The molecule has 0 radical (unpaired) electrons. The number of ether oxygens (including phenoxy) is 1. The first-order valence-electron chi connectivity index (χ1n) is 6.91. The number of piperidine rings is 1. The molecule has 0 aromatic heterocycles. The van der Waals surface area contributed by atoms with Crippen LogP contribution < -0.4 is 10.1 Å². The number of methoxy groups -OCH3 is 1. The van der Waals surface area contributed by atoms with Crippen LogP contribution in [0.25, 0.3) is 0 Å². The monoisotopic (exact) mass is 346 g/mol. The third-order valence-corrected chi connectivity index (χ3v) is 5.21. The molecule has 6 nitrogen and oxygen atoms in total. The fourth-order valence-corrected chi connectivity index (χ4v) is 3.62. The molecule has 0 aliphatic carbocycles. The Labute approximate surface area is 135 Å². The number of halogens is 1. The number of nitrogens with zero attached hydrogens (tertiary/aromatic N) is 1. The molecule has 1 amide bonds. The molecule has 1 saturated heterocycles. The largest absolute Gasteiger partial charge is 0.495 e. The van der Waals surface area contributed by atoms with Gasteiger partial charge in [-0.2, -0.15) is 0 Å². The normalized spacial score (nSPS) is 19.7. The average molecular weight is 347 g/mol. The zero-order chi connectivity index (χ0) is 16.3. The zero-order valence-electron chi connectivity index (χ0n) is 12.5. The Bertz CT molecular complexity index is 663. The topological polar surface area (TPSA) is 75.7 Å². The Morgan fingerprint density at radius 1 is 1.45 bits per heavy atom. The molecule has 22 heavy (non-hydrogen) atoms. The zero-order valence-corrected chi connectivity index (χ0v) is 14.1. The van der Waals surface area contributed by atoms with Gasteiger partial charge in [0.2, 0.25) is 15.9 Å². The highest BCUT2D eigenvalue weighted by atomic mass is 35.5. The lowest BCUT2D eigenvalue weighted by atomic mass is 9.99. The average Bonchev–Trinajstić information content (AvgIpc) is 2.46. The molecule has 1 N–H and O–H groups in total. The number of sulfonamides is 1. The van der Waals surface area contributed by atoms with Crippen molar-refractivity contribution in [3.05, 3.63) is 23.2 Å². The maximum Gasteiger partial charge on any atom is 0.228 e. The van der Waals surface area contributed by atoms with Crippen LogP contribution in [0.1, 0.15) is 12.8 Å². The third kappa shape index (κ3) is 4.12. The number of anilines is 1. The molecular weight excluding hydrogens is 328 g/mol. The second-order valence-electron chi connectivity index (χ2n) is 5.30. The molecule has 1 atom stereocenters. The number of nitrogens with one attached hydrogen (secondary N) is 1. The molecule has 0 spiro atoms. The van der Waals surface area contributed by atoms with Gasteiger partial charge in [0.15, 0.2) is 0 Å². The standard InChI is InChI=1S/C14H19ClN2O4S/c1-21-13-6-5-11(8-12(13)15)16-14(18)10-4-3-7-17(9-10)22(2,19)20/h5-6,8,10H,3-4,7,9H2,1-2H3,(H,16,18)/t10-/m0/s1. The summed E-state index contributed by atoms with van der Waals surface area (Å²) in [6, 6.07) is 4.97. The Balaban J connectivity index is 2.04. The van der Waals surface area contributed by atoms with E-state index in [4.69, 9.17) is 16.3 Å². The lowest BCUT2D eigenvalue weighted by molar-refractivity contribution is -0.120. The smallest absolute Gasteiger partial charge is 0.228 e. The number of benzene rings is 1. The van der Waals surface area contributed by atoms with E-state index in [9.17, 15) is 13.2 Å². The molecule has 8 heteroatoms. The van der Waals surface area contributed by atoms with Gasteiger partial charge in [-0.3, -0.25) is 4.79 Å². The van der Waals surface area contributed by atoms with Crippen LogP contribution in [0.2, 0.25) is 5.02 Å². The lowest BCUT2D eigenvalue weighted by Crippen LogP contribution is -2.43. The number of rotatable bonds is 4. The second kappa shape index (κ2) is 6.85. The third-order valence-electron chi connectivity index (χ3n) is 3.64. The van der Waals surface area contributed by atoms with Crippen LogP contribution in [0.4, 0.5) is 5.69 Å². The molecule has 0 bridgehead atoms. The molecule has 1 aliphatic heterocycles. The molecular formula is C14H19ClN2O4S. The Hall–Kier alpha value is -1.31. The first-order valence-corrected chi connectivity index (χ1v) is 9.13. The van der Waals surface area contributed by atoms with Crippen LogP contribution in [0.3, 0.4) is 0 Å². The van der Waals surface area contributed by atoms with Crippen molar-refractivity contribution in [2.75, 3.05) is 31.8 Å². The minimum absolute atomic E-state index is 0.199. The van der Waals surface area contributed by atoms with E-state index in [2.05, 4.69) is 5.32 Å². The summed E-state index contributed by atoms with van der Waals surface area (Å²) in [7, 11) is -1.75. The molecule has 1 fully saturated rings. The van der Waals surface area contributed by atoms with Crippen molar-refractivity contribution in [1.29, 1.82) is 0 Å². The summed E-state index contributed by atoms with van der Waals surface area (Å²) in [5.41, 5.74) is 0.562. The van der Waals surface area contributed by atoms with Crippen LogP contribution in [0.15, 0.2) is 18.2 Å². The molecule has 1 heterocycles. The fraction of sp³-hybridized carbons (Fsp3) is 0.500. The molecule has 0 saturated carbocycles. The summed E-state index contributed by atoms with van der Waals surface area (Å²) in [6.07, 6.45) is 2.51. The van der Waals surface area contributed by atoms with E-state index in [1.165, 1.54) is 11.4 Å². The summed E-state index contributed by atoms with van der Waals surface area (Å²) in [4.78, 5) is 12.3. The SMILES string of the molecule is COc1ccc(NC(=O)[C@H]2CCCN(S(C)(=O)=O)C2)cc1Cl. The number of amides is 1. The Kier molecular flexibility index (Phi) is 5.31. The van der Waals surface area contributed by atoms with Gasteiger partial charge in [-0.05, 0) is 31.0 Å². The minimum atomic E-state index is -3.27. The maximum absolute atomic E-state index is 12.3. The van der Waals surface area contributed by atoms with Gasteiger partial charge in [-0.1, -0.05) is 11.6 Å². The predicted octanol–water partition coefficient (Wildman–Crippen LogP) is 1.96. The van der Waals surface area contributed by atoms with Crippen molar-refractivity contribution >= 4 is 33.2 Å². The van der Waals surface area contributed by atoms with Gasteiger partial charge in [0.25, 0.3) is 0 Å². The highest BCUT2D eigenvalue weighted by Gasteiger charge is 2.30. The van der Waals surface area contributed by atoms with Crippen LogP contribution >= 0.6 is 11.6 Å². The van der Waals surface area contributed by atoms with Crippen molar-refractivity contribution in [3.63, 3.8) is 0 Å². The molecule has 1 aromatic rings. The lowest BCUT2D eigenvalue weighted by Gasteiger charge is -2.30. The van der Waals surface area contributed by atoms with Crippen molar-refractivity contribution in [2.45, 2.75) is 12.8 Å². The minimum Gasteiger partial charge on any atom is -0.495 e. The summed E-state index contributed by atoms with van der Waals surface area (Å²) < 4.78 is 29.6. The van der Waals surface area contributed by atoms with E-state index in [1.807, 2.05) is 0 Å². The van der Waals surface area contributed by atoms with E-state index >= 15 is 0 Å². The van der Waals surface area contributed by atoms with Crippen molar-refractivity contribution in [2.24, 2.45) is 5.92 Å². The van der Waals surface area contributed by atoms with Gasteiger partial charge in [0.1, 0.15) is 5.75 Å². The first kappa shape index (κ1) is 17.1. The summed E-state index contributed by atoms with van der Waals surface area (Å²) in [5, 5.41) is 3.18. The van der Waals surface area contributed by atoms with E-state index in [0.29, 0.717) is 35.8 Å². The fourth-order valence-electron chi connectivity index (χ4n) is 2.45. The van der Waals surface area contributed by atoms with Gasteiger partial charge >= 0.3 is 0 Å². The van der Waals surface area contributed by atoms with Gasteiger partial charge in [0, 0.05) is 18.8 Å². The number of hydrogen-bond acceptors (Lipinski definition) is 4. The first-order chi connectivity index (χ1) is 10.3.